The van der Waals surface area contributed by atoms with Crippen molar-refractivity contribution in [3.63, 3.8) is 0 Å². The molecule has 0 saturated heterocycles. The van der Waals surface area contributed by atoms with Gasteiger partial charge in [0.25, 0.3) is 0 Å². The molecular weight excluding hydrogens is 478 g/mol. The van der Waals surface area contributed by atoms with Gasteiger partial charge >= 0.3 is 5.97 Å². The van der Waals surface area contributed by atoms with E-state index in [2.05, 4.69) is 32.6 Å². The summed E-state index contributed by atoms with van der Waals surface area (Å²) in [7, 11) is 1.78. The summed E-state index contributed by atoms with van der Waals surface area (Å²) in [6.45, 7) is 5.29. The lowest BCUT2D eigenvalue weighted by Gasteiger charge is -2.38. The Labute approximate surface area is 215 Å². The lowest BCUT2D eigenvalue weighted by molar-refractivity contribution is -0.161. The quantitative estimate of drug-likeness (QED) is 0.218. The van der Waals surface area contributed by atoms with Crippen molar-refractivity contribution in [2.75, 3.05) is 38.6 Å². The summed E-state index contributed by atoms with van der Waals surface area (Å²) in [5, 5.41) is 4.58. The molecule has 0 spiro atoms. The second kappa shape index (κ2) is 11.4. The smallest absolute Gasteiger partial charge is 0.315 e. The SMILES string of the molecule is COC(=O)C1(COc2cc(C)c(-c3ccc(-c4nc(C)n(COCC[S+](C)C)n4)cn3)cn2)CCC1. The fourth-order valence-corrected chi connectivity index (χ4v) is 4.49. The number of hydrogen-bond donors (Lipinski definition) is 0. The van der Waals surface area contributed by atoms with Crippen molar-refractivity contribution in [1.82, 2.24) is 24.7 Å². The number of carbonyl (C=O) groups excluding carboxylic acids is 1. The van der Waals surface area contributed by atoms with Gasteiger partial charge in [-0.1, -0.05) is 6.42 Å². The number of aromatic nitrogens is 5. The first-order valence-electron chi connectivity index (χ1n) is 12.0. The maximum Gasteiger partial charge on any atom is 0.315 e. The van der Waals surface area contributed by atoms with E-state index >= 15 is 0 Å². The molecule has 4 rings (SSSR count). The van der Waals surface area contributed by atoms with Crippen LogP contribution >= 0.6 is 0 Å². The Balaban J connectivity index is 1.40. The van der Waals surface area contributed by atoms with Crippen LogP contribution < -0.4 is 4.74 Å². The van der Waals surface area contributed by atoms with Gasteiger partial charge in [0.1, 0.15) is 30.3 Å². The first kappa shape index (κ1) is 26.1. The summed E-state index contributed by atoms with van der Waals surface area (Å²) in [4.78, 5) is 25.8. The van der Waals surface area contributed by atoms with Gasteiger partial charge in [0.05, 0.1) is 31.9 Å². The first-order chi connectivity index (χ1) is 17.3. The molecule has 0 bridgehead atoms. The number of pyridine rings is 2. The van der Waals surface area contributed by atoms with Crippen molar-refractivity contribution in [2.24, 2.45) is 5.41 Å². The molecule has 0 aromatic carbocycles. The highest BCUT2D eigenvalue weighted by Crippen LogP contribution is 2.42. The number of esters is 1. The number of methoxy groups -OCH3 is 1. The van der Waals surface area contributed by atoms with E-state index in [0.717, 1.165) is 53.2 Å². The summed E-state index contributed by atoms with van der Waals surface area (Å²) in [6.07, 6.45) is 10.5. The van der Waals surface area contributed by atoms with Crippen LogP contribution in [0.2, 0.25) is 0 Å². The van der Waals surface area contributed by atoms with Gasteiger partial charge in [0, 0.05) is 29.6 Å². The van der Waals surface area contributed by atoms with Gasteiger partial charge in [-0.2, -0.15) is 0 Å². The second-order valence-electron chi connectivity index (χ2n) is 9.39. The van der Waals surface area contributed by atoms with Crippen molar-refractivity contribution in [1.29, 1.82) is 0 Å². The zero-order valence-electron chi connectivity index (χ0n) is 21.6. The zero-order valence-corrected chi connectivity index (χ0v) is 22.4. The number of nitrogens with zero attached hydrogens (tertiary/aromatic N) is 5. The van der Waals surface area contributed by atoms with Crippen molar-refractivity contribution < 1.29 is 19.0 Å². The van der Waals surface area contributed by atoms with Gasteiger partial charge in [0.2, 0.25) is 5.88 Å². The van der Waals surface area contributed by atoms with Crippen molar-refractivity contribution in [3.8, 4) is 28.5 Å². The second-order valence-corrected chi connectivity index (χ2v) is 11.8. The van der Waals surface area contributed by atoms with Gasteiger partial charge < -0.3 is 14.2 Å². The van der Waals surface area contributed by atoms with Gasteiger partial charge in [-0.15, -0.1) is 5.10 Å². The predicted octanol–water partition coefficient (Wildman–Crippen LogP) is 3.59. The molecule has 36 heavy (non-hydrogen) atoms. The molecule has 3 aromatic rings. The van der Waals surface area contributed by atoms with E-state index in [-0.39, 0.29) is 12.6 Å². The van der Waals surface area contributed by atoms with Crippen LogP contribution in [0.25, 0.3) is 22.6 Å². The van der Waals surface area contributed by atoms with Crippen molar-refractivity contribution in [3.05, 3.63) is 42.0 Å². The van der Waals surface area contributed by atoms with Crippen LogP contribution in [-0.2, 0) is 31.9 Å². The highest BCUT2D eigenvalue weighted by Gasteiger charge is 2.46. The van der Waals surface area contributed by atoms with E-state index in [1.165, 1.54) is 7.11 Å². The molecule has 0 radical (unpaired) electrons. The molecule has 0 aliphatic heterocycles. The summed E-state index contributed by atoms with van der Waals surface area (Å²) in [6, 6.07) is 5.78. The van der Waals surface area contributed by atoms with E-state index in [1.807, 2.05) is 32.0 Å². The molecular formula is C26H34N5O4S+. The van der Waals surface area contributed by atoms with Crippen LogP contribution in [0.3, 0.4) is 0 Å². The van der Waals surface area contributed by atoms with Gasteiger partial charge in [-0.25, -0.2) is 14.6 Å². The van der Waals surface area contributed by atoms with E-state index < -0.39 is 5.41 Å². The largest absolute Gasteiger partial charge is 0.476 e. The topological polar surface area (TPSA) is 101 Å². The maximum atomic E-state index is 12.1. The van der Waals surface area contributed by atoms with E-state index in [4.69, 9.17) is 14.2 Å². The number of ether oxygens (including phenoxy) is 3. The molecule has 3 aromatic heterocycles. The lowest BCUT2D eigenvalue weighted by Crippen LogP contribution is -2.44. The molecule has 1 saturated carbocycles. The molecule has 0 N–H and O–H groups in total. The number of aryl methyl sites for hydroxylation is 2. The average Bonchev–Trinajstić information content (AvgIpc) is 3.21. The van der Waals surface area contributed by atoms with Crippen molar-refractivity contribution >= 4 is 16.9 Å². The first-order valence-corrected chi connectivity index (χ1v) is 14.2. The van der Waals surface area contributed by atoms with Gasteiger partial charge in [-0.3, -0.25) is 9.78 Å². The Bertz CT molecular complexity index is 1190. The lowest BCUT2D eigenvalue weighted by atomic mass is 9.69. The minimum Gasteiger partial charge on any atom is -0.476 e. The molecule has 9 nitrogen and oxygen atoms in total. The number of carbonyl (C=O) groups is 1. The van der Waals surface area contributed by atoms with Crippen LogP contribution in [0.5, 0.6) is 5.88 Å². The molecule has 192 valence electrons. The third kappa shape index (κ3) is 5.87. The van der Waals surface area contributed by atoms with Crippen LogP contribution in [0.1, 0.15) is 30.7 Å². The Morgan fingerprint density at radius 2 is 1.97 bits per heavy atom. The van der Waals surface area contributed by atoms with E-state index in [1.54, 1.807) is 17.1 Å². The standard InChI is InChI=1S/C26H34N5O4S/c1-18-13-23(35-16-26(9-6-10-26)25(32)33-3)28-15-21(18)22-8-7-20(14-27-22)24-29-19(2)31(30-24)17-34-11-12-36(4)5/h7-8,13-15H,6,9-12,16-17H2,1-5H3/q+1. The summed E-state index contributed by atoms with van der Waals surface area (Å²) < 4.78 is 18.4. The van der Waals surface area contributed by atoms with Crippen LogP contribution in [0.15, 0.2) is 30.6 Å². The Kier molecular flexibility index (Phi) is 8.25. The molecule has 0 unspecified atom stereocenters. The molecule has 3 heterocycles. The average molecular weight is 513 g/mol. The fraction of sp³-hybridized carbons (Fsp3) is 0.500. The maximum absolute atomic E-state index is 12.1. The normalized spacial score (nSPS) is 14.5. The summed E-state index contributed by atoms with van der Waals surface area (Å²) in [5.74, 6) is 2.74. The molecule has 0 atom stereocenters. The highest BCUT2D eigenvalue weighted by molar-refractivity contribution is 7.95. The fourth-order valence-electron chi connectivity index (χ4n) is 4.04. The highest BCUT2D eigenvalue weighted by atomic mass is 32.2. The van der Waals surface area contributed by atoms with Crippen LogP contribution in [0.4, 0.5) is 0 Å². The van der Waals surface area contributed by atoms with Crippen LogP contribution in [-0.4, -0.2) is 69.3 Å². The number of hydrogen-bond acceptors (Lipinski definition) is 8. The predicted molar refractivity (Wildman–Crippen MR) is 140 cm³/mol. The molecule has 10 heteroatoms. The van der Waals surface area contributed by atoms with E-state index in [9.17, 15) is 4.79 Å². The third-order valence-corrected chi connectivity index (χ3v) is 7.50. The Morgan fingerprint density at radius 3 is 2.58 bits per heavy atom. The van der Waals surface area contributed by atoms with Crippen molar-refractivity contribution in [2.45, 2.75) is 39.8 Å². The monoisotopic (exact) mass is 512 g/mol. The minimum absolute atomic E-state index is 0.208. The Hall–Kier alpha value is -2.98. The molecule has 1 fully saturated rings. The summed E-state index contributed by atoms with van der Waals surface area (Å²) >= 11 is 0. The number of rotatable bonds is 11. The molecule has 1 aliphatic carbocycles. The third-order valence-electron chi connectivity index (χ3n) is 6.51. The molecule has 1 aliphatic rings. The van der Waals surface area contributed by atoms with Gasteiger partial charge in [0.15, 0.2) is 5.82 Å². The van der Waals surface area contributed by atoms with E-state index in [0.29, 0.717) is 35.9 Å². The van der Waals surface area contributed by atoms with Gasteiger partial charge in [-0.05, 0) is 55.3 Å². The Morgan fingerprint density at radius 1 is 1.17 bits per heavy atom. The summed E-state index contributed by atoms with van der Waals surface area (Å²) in [5.41, 5.74) is 2.99. The van der Waals surface area contributed by atoms with Crippen LogP contribution in [0, 0.1) is 19.3 Å². The minimum atomic E-state index is -0.541. The zero-order chi connectivity index (χ0) is 25.7. The molecule has 0 amide bonds.